The van der Waals surface area contributed by atoms with Gasteiger partial charge in [-0.15, -0.1) is 0 Å². The first-order valence-electron chi connectivity index (χ1n) is 6.00. The lowest BCUT2D eigenvalue weighted by Gasteiger charge is -2.15. The van der Waals surface area contributed by atoms with Gasteiger partial charge in [0.2, 0.25) is 0 Å². The Kier molecular flexibility index (Phi) is 4.82. The van der Waals surface area contributed by atoms with Crippen molar-refractivity contribution in [3.63, 3.8) is 0 Å². The Morgan fingerprint density at radius 3 is 2.73 bits per heavy atom. The van der Waals surface area contributed by atoms with Gasteiger partial charge in [0.1, 0.15) is 24.1 Å². The fraction of sp³-hybridized carbons (Fsp3) is 0.556. The molecule has 2 heterocycles. The first-order valence-corrected chi connectivity index (χ1v) is 7.53. The summed E-state index contributed by atoms with van der Waals surface area (Å²) in [4.78, 5) is 35.2. The highest BCUT2D eigenvalue weighted by molar-refractivity contribution is 7.46. The SMILES string of the molecule is Nc1[nH]cnc1C(=O)NC1O[C@H](COP(=O)(O)O)[C@@H](O)[C@H]1O. The zero-order chi connectivity index (χ0) is 16.5. The monoisotopic (exact) mass is 338 g/mol. The van der Waals surface area contributed by atoms with Gasteiger partial charge in [0.05, 0.1) is 12.9 Å². The van der Waals surface area contributed by atoms with Gasteiger partial charge in [-0.25, -0.2) is 9.55 Å². The molecule has 8 N–H and O–H groups in total. The number of nitrogens with two attached hydrogens (primary N) is 1. The van der Waals surface area contributed by atoms with Gasteiger partial charge in [-0.05, 0) is 0 Å². The van der Waals surface area contributed by atoms with Crippen molar-refractivity contribution in [1.29, 1.82) is 0 Å². The van der Waals surface area contributed by atoms with Crippen LogP contribution in [-0.2, 0) is 13.8 Å². The van der Waals surface area contributed by atoms with Crippen LogP contribution in [0.15, 0.2) is 6.33 Å². The molecule has 0 aliphatic carbocycles. The summed E-state index contributed by atoms with van der Waals surface area (Å²) >= 11 is 0. The summed E-state index contributed by atoms with van der Waals surface area (Å²) in [7, 11) is -4.75. The fourth-order valence-electron chi connectivity index (χ4n) is 1.86. The highest BCUT2D eigenvalue weighted by Crippen LogP contribution is 2.37. The number of phosphoric ester groups is 1. The highest BCUT2D eigenvalue weighted by atomic mass is 31.2. The van der Waals surface area contributed by atoms with Gasteiger partial charge in [0, 0.05) is 0 Å². The largest absolute Gasteiger partial charge is 0.469 e. The lowest BCUT2D eigenvalue weighted by molar-refractivity contribution is -0.0300. The summed E-state index contributed by atoms with van der Waals surface area (Å²) in [6.07, 6.45) is -4.38. The average Bonchev–Trinajstić information content (AvgIpc) is 2.95. The normalized spacial score (nSPS) is 28.7. The number of amides is 1. The number of phosphoric acid groups is 1. The lowest BCUT2D eigenvalue weighted by atomic mass is 10.1. The Labute approximate surface area is 123 Å². The van der Waals surface area contributed by atoms with E-state index in [2.05, 4.69) is 19.8 Å². The molecule has 1 aliphatic heterocycles. The smallest absolute Gasteiger partial charge is 0.387 e. The van der Waals surface area contributed by atoms with Crippen molar-refractivity contribution in [3.05, 3.63) is 12.0 Å². The molecule has 1 unspecified atom stereocenters. The molecule has 0 saturated carbocycles. The van der Waals surface area contributed by atoms with E-state index in [4.69, 9.17) is 20.3 Å². The molecule has 1 aromatic rings. The number of nitrogen functional groups attached to an aromatic ring is 1. The summed E-state index contributed by atoms with van der Waals surface area (Å²) < 4.78 is 19.9. The quantitative estimate of drug-likeness (QED) is 0.276. The van der Waals surface area contributed by atoms with E-state index in [1.54, 1.807) is 0 Å². The number of hydrogen-bond acceptors (Lipinski definition) is 8. The van der Waals surface area contributed by atoms with Crippen LogP contribution in [0.3, 0.4) is 0 Å². The number of aromatic amines is 1. The number of carbonyl (C=O) groups excluding carboxylic acids is 1. The van der Waals surface area contributed by atoms with Gasteiger partial charge < -0.3 is 40.8 Å². The molecule has 124 valence electrons. The van der Waals surface area contributed by atoms with Crippen LogP contribution in [0.5, 0.6) is 0 Å². The molecule has 0 bridgehead atoms. The zero-order valence-corrected chi connectivity index (χ0v) is 11.9. The summed E-state index contributed by atoms with van der Waals surface area (Å²) in [5.74, 6) is -0.751. The number of imidazole rings is 1. The topological polar surface area (TPSA) is 200 Å². The summed E-state index contributed by atoms with van der Waals surface area (Å²) in [6, 6.07) is 0. The number of nitrogens with zero attached hydrogens (tertiary/aromatic N) is 1. The van der Waals surface area contributed by atoms with E-state index in [-0.39, 0.29) is 11.5 Å². The molecule has 1 saturated heterocycles. The molecular formula is C9H15N4O8P. The van der Waals surface area contributed by atoms with Crippen molar-refractivity contribution >= 4 is 19.5 Å². The van der Waals surface area contributed by atoms with Crippen LogP contribution < -0.4 is 11.1 Å². The first-order chi connectivity index (χ1) is 10.2. The molecule has 1 aliphatic rings. The molecule has 13 heteroatoms. The maximum Gasteiger partial charge on any atom is 0.469 e. The number of hydrogen-bond donors (Lipinski definition) is 7. The minimum Gasteiger partial charge on any atom is -0.387 e. The van der Waals surface area contributed by atoms with E-state index in [1.807, 2.05) is 0 Å². The van der Waals surface area contributed by atoms with Gasteiger partial charge >= 0.3 is 7.82 Å². The Morgan fingerprint density at radius 1 is 1.50 bits per heavy atom. The van der Waals surface area contributed by atoms with E-state index in [0.717, 1.165) is 0 Å². The molecular weight excluding hydrogens is 323 g/mol. The van der Waals surface area contributed by atoms with Crippen molar-refractivity contribution in [1.82, 2.24) is 15.3 Å². The Balaban J connectivity index is 1.97. The number of anilines is 1. The Bertz CT molecular complexity index is 588. The second kappa shape index (κ2) is 6.30. The third-order valence-electron chi connectivity index (χ3n) is 2.93. The van der Waals surface area contributed by atoms with E-state index in [9.17, 15) is 19.6 Å². The minimum absolute atomic E-state index is 0.00641. The number of H-pyrrole nitrogens is 1. The van der Waals surface area contributed by atoms with Crippen LogP contribution in [0, 0.1) is 0 Å². The number of ether oxygens (including phenoxy) is 1. The van der Waals surface area contributed by atoms with Crippen molar-refractivity contribution in [2.45, 2.75) is 24.5 Å². The number of rotatable bonds is 5. The van der Waals surface area contributed by atoms with Gasteiger partial charge in [-0.2, -0.15) is 0 Å². The van der Waals surface area contributed by atoms with Crippen molar-refractivity contribution in [3.8, 4) is 0 Å². The molecule has 4 atom stereocenters. The second-order valence-electron chi connectivity index (χ2n) is 4.50. The Hall–Kier alpha value is -1.53. The molecule has 1 amide bonds. The number of nitrogens with one attached hydrogen (secondary N) is 2. The minimum atomic E-state index is -4.75. The maximum absolute atomic E-state index is 11.9. The number of carbonyl (C=O) groups is 1. The summed E-state index contributed by atoms with van der Waals surface area (Å²) in [5, 5.41) is 21.7. The van der Waals surface area contributed by atoms with Gasteiger partial charge in [0.15, 0.2) is 11.9 Å². The van der Waals surface area contributed by atoms with Crippen LogP contribution in [-0.4, -0.2) is 67.0 Å². The third-order valence-corrected chi connectivity index (χ3v) is 3.41. The van der Waals surface area contributed by atoms with Crippen LogP contribution >= 0.6 is 7.82 Å². The molecule has 12 nitrogen and oxygen atoms in total. The summed E-state index contributed by atoms with van der Waals surface area (Å²) in [6.45, 7) is -0.667. The number of aliphatic hydroxyl groups is 2. The van der Waals surface area contributed by atoms with Crippen LogP contribution in [0.25, 0.3) is 0 Å². The van der Waals surface area contributed by atoms with Crippen LogP contribution in [0.2, 0.25) is 0 Å². The fourth-order valence-corrected chi connectivity index (χ4v) is 2.20. The molecule has 1 fully saturated rings. The standard InChI is InChI=1S/C9H15N4O8P/c10-7-4(11-2-12-7)8(16)13-9-6(15)5(14)3(21-9)1-20-22(17,18)19/h2-3,5-6,9,14-15H,1,10H2,(H,11,12)(H,13,16)(H2,17,18,19)/t3-,5-,6-,9?/m1/s1. The number of aromatic nitrogens is 2. The van der Waals surface area contributed by atoms with Crippen molar-refractivity contribution in [2.75, 3.05) is 12.3 Å². The predicted molar refractivity (Wildman–Crippen MR) is 69.1 cm³/mol. The van der Waals surface area contributed by atoms with Gasteiger partial charge in [0.25, 0.3) is 5.91 Å². The van der Waals surface area contributed by atoms with Crippen LogP contribution in [0.4, 0.5) is 5.82 Å². The van der Waals surface area contributed by atoms with Crippen molar-refractivity contribution < 1.29 is 38.6 Å². The second-order valence-corrected chi connectivity index (χ2v) is 5.74. The molecule has 22 heavy (non-hydrogen) atoms. The Morgan fingerprint density at radius 2 is 2.18 bits per heavy atom. The average molecular weight is 338 g/mol. The van der Waals surface area contributed by atoms with Gasteiger partial charge in [-0.3, -0.25) is 9.32 Å². The molecule has 0 radical (unpaired) electrons. The molecule has 0 spiro atoms. The molecule has 0 aromatic carbocycles. The number of aliphatic hydroxyl groups excluding tert-OH is 2. The maximum atomic E-state index is 11.9. The van der Waals surface area contributed by atoms with E-state index in [0.29, 0.717) is 0 Å². The van der Waals surface area contributed by atoms with Crippen molar-refractivity contribution in [2.24, 2.45) is 0 Å². The summed E-state index contributed by atoms with van der Waals surface area (Å²) in [5.41, 5.74) is 5.34. The van der Waals surface area contributed by atoms with E-state index < -0.39 is 44.9 Å². The predicted octanol–water partition coefficient (Wildman–Crippen LogP) is -2.72. The third kappa shape index (κ3) is 3.81. The lowest BCUT2D eigenvalue weighted by Crippen LogP contribution is -2.44. The highest BCUT2D eigenvalue weighted by Gasteiger charge is 2.44. The zero-order valence-electron chi connectivity index (χ0n) is 11.0. The van der Waals surface area contributed by atoms with Crippen LogP contribution in [0.1, 0.15) is 10.5 Å². The molecule has 2 rings (SSSR count). The van der Waals surface area contributed by atoms with E-state index in [1.165, 1.54) is 6.33 Å². The van der Waals surface area contributed by atoms with Gasteiger partial charge in [-0.1, -0.05) is 0 Å². The molecule has 1 aromatic heterocycles. The van der Waals surface area contributed by atoms with E-state index >= 15 is 0 Å². The first kappa shape index (κ1) is 16.8.